The summed E-state index contributed by atoms with van der Waals surface area (Å²) in [7, 11) is 0. The van der Waals surface area contributed by atoms with E-state index < -0.39 is 0 Å². The zero-order valence-electron chi connectivity index (χ0n) is 10.3. The van der Waals surface area contributed by atoms with E-state index in [1.165, 1.54) is 51.0 Å². The van der Waals surface area contributed by atoms with E-state index in [0.717, 1.165) is 6.54 Å². The predicted octanol–water partition coefficient (Wildman–Crippen LogP) is 1.77. The van der Waals surface area contributed by atoms with Crippen molar-refractivity contribution in [3.05, 3.63) is 24.0 Å². The molecule has 0 aromatic rings. The van der Waals surface area contributed by atoms with Gasteiger partial charge in [0.05, 0.1) is 0 Å². The van der Waals surface area contributed by atoms with Crippen LogP contribution in [0, 0.1) is 0 Å². The Labute approximate surface area is 98.7 Å². The Balaban J connectivity index is 0.00000128. The summed E-state index contributed by atoms with van der Waals surface area (Å²) in [4.78, 5) is 4.91. The van der Waals surface area contributed by atoms with Crippen LogP contribution in [0.25, 0.3) is 0 Å². The van der Waals surface area contributed by atoms with Crippen molar-refractivity contribution in [1.29, 1.82) is 0 Å². The minimum Gasteiger partial charge on any atom is -0.412 e. The van der Waals surface area contributed by atoms with Crippen molar-refractivity contribution in [1.82, 2.24) is 9.80 Å². The summed E-state index contributed by atoms with van der Waals surface area (Å²) in [5.41, 5.74) is 1.44. The molecule has 0 amide bonds. The molecule has 16 heavy (non-hydrogen) atoms. The Morgan fingerprint density at radius 3 is 2.56 bits per heavy atom. The fraction of sp³-hybridized carbons (Fsp3) is 0.692. The SMILES string of the molecule is CCCCN1C=CC(N2CCCC2)=CC1.O. The number of rotatable bonds is 4. The number of allylic oxidation sites excluding steroid dienone is 1. The summed E-state index contributed by atoms with van der Waals surface area (Å²) in [6.45, 7) is 7.06. The molecule has 0 spiro atoms. The van der Waals surface area contributed by atoms with E-state index in [-0.39, 0.29) is 5.48 Å². The van der Waals surface area contributed by atoms with Gasteiger partial charge in [0.15, 0.2) is 0 Å². The highest BCUT2D eigenvalue weighted by molar-refractivity contribution is 5.22. The Morgan fingerprint density at radius 1 is 1.25 bits per heavy atom. The predicted molar refractivity (Wildman–Crippen MR) is 68.1 cm³/mol. The molecule has 1 fully saturated rings. The van der Waals surface area contributed by atoms with Crippen molar-refractivity contribution in [3.8, 4) is 0 Å². The Morgan fingerprint density at radius 2 is 2.00 bits per heavy atom. The lowest BCUT2D eigenvalue weighted by Crippen LogP contribution is -2.25. The highest BCUT2D eigenvalue weighted by atomic mass is 16.0. The van der Waals surface area contributed by atoms with E-state index in [1.807, 2.05) is 0 Å². The summed E-state index contributed by atoms with van der Waals surface area (Å²) in [5, 5.41) is 0. The van der Waals surface area contributed by atoms with Crippen LogP contribution in [0.1, 0.15) is 32.6 Å². The van der Waals surface area contributed by atoms with Gasteiger partial charge in [-0.1, -0.05) is 13.3 Å². The van der Waals surface area contributed by atoms with Crippen molar-refractivity contribution in [3.63, 3.8) is 0 Å². The molecular weight excluding hydrogens is 200 g/mol. The number of hydrogen-bond donors (Lipinski definition) is 0. The van der Waals surface area contributed by atoms with Gasteiger partial charge in [-0.15, -0.1) is 0 Å². The quantitative estimate of drug-likeness (QED) is 0.730. The van der Waals surface area contributed by atoms with Gasteiger partial charge in [0.2, 0.25) is 0 Å². The molecule has 2 aliphatic rings. The van der Waals surface area contributed by atoms with Crippen LogP contribution in [-0.4, -0.2) is 41.5 Å². The van der Waals surface area contributed by atoms with Crippen molar-refractivity contribution in [2.24, 2.45) is 0 Å². The molecule has 3 heteroatoms. The molecule has 0 atom stereocenters. The first-order valence-electron chi connectivity index (χ1n) is 6.27. The van der Waals surface area contributed by atoms with Crippen molar-refractivity contribution in [2.75, 3.05) is 26.2 Å². The Bertz CT molecular complexity index is 255. The first-order valence-corrected chi connectivity index (χ1v) is 6.27. The summed E-state index contributed by atoms with van der Waals surface area (Å²) in [5.74, 6) is 0. The molecule has 0 aliphatic carbocycles. The van der Waals surface area contributed by atoms with Gasteiger partial charge < -0.3 is 15.3 Å². The second-order valence-corrected chi connectivity index (χ2v) is 4.49. The van der Waals surface area contributed by atoms with E-state index in [0.29, 0.717) is 0 Å². The lowest BCUT2D eigenvalue weighted by molar-refractivity contribution is 0.377. The zero-order chi connectivity index (χ0) is 10.5. The molecule has 2 N–H and O–H groups in total. The number of hydrogen-bond acceptors (Lipinski definition) is 2. The maximum absolute atomic E-state index is 2.51. The average molecular weight is 224 g/mol. The largest absolute Gasteiger partial charge is 0.412 e. The fourth-order valence-electron chi connectivity index (χ4n) is 2.26. The maximum atomic E-state index is 2.51. The van der Waals surface area contributed by atoms with Crippen LogP contribution < -0.4 is 0 Å². The lowest BCUT2D eigenvalue weighted by atomic mass is 10.2. The molecule has 3 nitrogen and oxygen atoms in total. The smallest absolute Gasteiger partial charge is 0.0376 e. The Hall–Kier alpha value is -0.960. The average Bonchev–Trinajstić information content (AvgIpc) is 2.80. The topological polar surface area (TPSA) is 38.0 Å². The van der Waals surface area contributed by atoms with Gasteiger partial charge in [-0.05, 0) is 31.4 Å². The molecule has 0 unspecified atom stereocenters. The summed E-state index contributed by atoms with van der Waals surface area (Å²) in [6.07, 6.45) is 12.2. The van der Waals surface area contributed by atoms with Crippen LogP contribution in [0.4, 0.5) is 0 Å². The van der Waals surface area contributed by atoms with Crippen molar-refractivity contribution >= 4 is 0 Å². The van der Waals surface area contributed by atoms with E-state index in [2.05, 4.69) is 35.1 Å². The molecule has 1 saturated heterocycles. The third-order valence-corrected chi connectivity index (χ3v) is 3.26. The second-order valence-electron chi connectivity index (χ2n) is 4.49. The van der Waals surface area contributed by atoms with Crippen molar-refractivity contribution < 1.29 is 5.48 Å². The van der Waals surface area contributed by atoms with E-state index in [1.54, 1.807) is 0 Å². The third-order valence-electron chi connectivity index (χ3n) is 3.26. The van der Waals surface area contributed by atoms with Crippen molar-refractivity contribution in [2.45, 2.75) is 32.6 Å². The van der Waals surface area contributed by atoms with Gasteiger partial charge in [0.25, 0.3) is 0 Å². The van der Waals surface area contributed by atoms with Crippen LogP contribution in [-0.2, 0) is 0 Å². The number of unbranched alkanes of at least 4 members (excludes halogenated alkanes) is 1. The van der Waals surface area contributed by atoms with Crippen LogP contribution in [0.2, 0.25) is 0 Å². The van der Waals surface area contributed by atoms with E-state index >= 15 is 0 Å². The number of nitrogens with zero attached hydrogens (tertiary/aromatic N) is 2. The minimum atomic E-state index is 0. The molecule has 92 valence electrons. The monoisotopic (exact) mass is 224 g/mol. The molecule has 0 aromatic heterocycles. The molecule has 0 radical (unpaired) electrons. The zero-order valence-corrected chi connectivity index (χ0v) is 10.3. The highest BCUT2D eigenvalue weighted by Crippen LogP contribution is 2.18. The number of likely N-dealkylation sites (tertiary alicyclic amines) is 1. The third kappa shape index (κ3) is 3.27. The van der Waals surface area contributed by atoms with E-state index in [9.17, 15) is 0 Å². The standard InChI is InChI=1S/C13H22N2.H2O/c1-2-3-8-14-11-6-13(7-12-14)15-9-4-5-10-15;/h6-7,11H,2-5,8-10,12H2,1H3;1H2. The van der Waals surface area contributed by atoms with Crippen LogP contribution in [0.15, 0.2) is 24.0 Å². The van der Waals surface area contributed by atoms with Gasteiger partial charge in [0, 0.05) is 38.1 Å². The lowest BCUT2D eigenvalue weighted by Gasteiger charge is -2.26. The molecule has 0 saturated carbocycles. The van der Waals surface area contributed by atoms with E-state index in [4.69, 9.17) is 0 Å². The maximum Gasteiger partial charge on any atom is 0.0376 e. The molecular formula is C13H24N2O. The molecule has 2 aliphatic heterocycles. The van der Waals surface area contributed by atoms with Gasteiger partial charge in [-0.25, -0.2) is 0 Å². The highest BCUT2D eigenvalue weighted by Gasteiger charge is 2.14. The molecule has 0 aromatic carbocycles. The van der Waals surface area contributed by atoms with Gasteiger partial charge >= 0.3 is 0 Å². The van der Waals surface area contributed by atoms with Crippen LogP contribution >= 0.6 is 0 Å². The normalized spacial score (nSPS) is 19.7. The summed E-state index contributed by atoms with van der Waals surface area (Å²) in [6, 6.07) is 0. The molecule has 0 bridgehead atoms. The van der Waals surface area contributed by atoms with Gasteiger partial charge in [-0.2, -0.15) is 0 Å². The second kappa shape index (κ2) is 6.59. The summed E-state index contributed by atoms with van der Waals surface area (Å²) < 4.78 is 0. The first kappa shape index (κ1) is 13.1. The first-order chi connectivity index (χ1) is 7.40. The fourth-order valence-corrected chi connectivity index (χ4v) is 2.26. The summed E-state index contributed by atoms with van der Waals surface area (Å²) >= 11 is 0. The molecule has 2 rings (SSSR count). The minimum absolute atomic E-state index is 0. The van der Waals surface area contributed by atoms with Crippen LogP contribution in [0.5, 0.6) is 0 Å². The molecule has 2 heterocycles. The van der Waals surface area contributed by atoms with Crippen LogP contribution in [0.3, 0.4) is 0 Å². The Kier molecular flexibility index (Phi) is 5.39. The van der Waals surface area contributed by atoms with Gasteiger partial charge in [-0.3, -0.25) is 0 Å². The van der Waals surface area contributed by atoms with Gasteiger partial charge in [0.1, 0.15) is 0 Å².